The summed E-state index contributed by atoms with van der Waals surface area (Å²) in [6.45, 7) is 5.39. The molecule has 1 aromatic heterocycles. The van der Waals surface area contributed by atoms with Crippen LogP contribution in [0.25, 0.3) is 11.3 Å². The molecule has 7 nitrogen and oxygen atoms in total. The van der Waals surface area contributed by atoms with Crippen LogP contribution >= 0.6 is 11.3 Å². The smallest absolute Gasteiger partial charge is 0.240 e. The van der Waals surface area contributed by atoms with Gasteiger partial charge in [-0.3, -0.25) is 9.59 Å². The first-order chi connectivity index (χ1) is 14.7. The van der Waals surface area contributed by atoms with Crippen molar-refractivity contribution in [2.45, 2.75) is 32.1 Å². The van der Waals surface area contributed by atoms with E-state index in [-0.39, 0.29) is 29.6 Å². The summed E-state index contributed by atoms with van der Waals surface area (Å²) in [7, 11) is -3.77. The highest BCUT2D eigenvalue weighted by Gasteiger charge is 2.15. The minimum absolute atomic E-state index is 0.0379. The van der Waals surface area contributed by atoms with Crippen molar-refractivity contribution < 1.29 is 18.0 Å². The predicted octanol–water partition coefficient (Wildman–Crippen LogP) is 3.94. The van der Waals surface area contributed by atoms with Crippen molar-refractivity contribution in [2.24, 2.45) is 0 Å². The number of anilines is 1. The number of ketones is 1. The van der Waals surface area contributed by atoms with Gasteiger partial charge in [-0.25, -0.2) is 18.1 Å². The molecule has 31 heavy (non-hydrogen) atoms. The van der Waals surface area contributed by atoms with Crippen LogP contribution in [0, 0.1) is 13.8 Å². The van der Waals surface area contributed by atoms with Crippen molar-refractivity contribution in [1.29, 1.82) is 0 Å². The summed E-state index contributed by atoms with van der Waals surface area (Å²) in [4.78, 5) is 28.0. The van der Waals surface area contributed by atoms with Gasteiger partial charge < -0.3 is 5.32 Å². The molecule has 0 fully saturated rings. The van der Waals surface area contributed by atoms with Crippen LogP contribution in [-0.4, -0.2) is 31.6 Å². The van der Waals surface area contributed by atoms with Crippen LogP contribution in [0.1, 0.15) is 34.8 Å². The lowest BCUT2D eigenvalue weighted by Gasteiger charge is -2.07. The number of amides is 1. The number of carbonyl (C=O) groups excluding carboxylic acids is 2. The molecule has 0 spiro atoms. The third-order valence-electron chi connectivity index (χ3n) is 4.62. The largest absolute Gasteiger partial charge is 0.302 e. The van der Waals surface area contributed by atoms with Crippen LogP contribution in [0.3, 0.4) is 0 Å². The Bertz CT molecular complexity index is 1220. The van der Waals surface area contributed by atoms with Gasteiger partial charge in [0.15, 0.2) is 10.9 Å². The first kappa shape index (κ1) is 22.8. The van der Waals surface area contributed by atoms with Crippen molar-refractivity contribution in [2.75, 3.05) is 11.9 Å². The van der Waals surface area contributed by atoms with Crippen LogP contribution in [-0.2, 0) is 14.8 Å². The number of sulfonamides is 1. The van der Waals surface area contributed by atoms with Crippen molar-refractivity contribution in [3.8, 4) is 11.3 Å². The van der Waals surface area contributed by atoms with E-state index in [1.165, 1.54) is 48.1 Å². The van der Waals surface area contributed by atoms with Gasteiger partial charge in [0.1, 0.15) is 0 Å². The van der Waals surface area contributed by atoms with E-state index in [4.69, 9.17) is 0 Å². The number of hydrogen-bond donors (Lipinski definition) is 2. The number of rotatable bonds is 8. The fraction of sp³-hybridized carbons (Fsp3) is 0.227. The molecule has 2 aromatic carbocycles. The number of nitrogens with one attached hydrogen (secondary N) is 2. The molecular formula is C22H23N3O4S2. The van der Waals surface area contributed by atoms with Crippen LogP contribution in [0.2, 0.25) is 0 Å². The molecule has 9 heteroatoms. The highest BCUT2D eigenvalue weighted by atomic mass is 32.2. The van der Waals surface area contributed by atoms with E-state index < -0.39 is 10.0 Å². The van der Waals surface area contributed by atoms with E-state index in [0.717, 1.165) is 16.8 Å². The van der Waals surface area contributed by atoms with E-state index in [2.05, 4.69) is 21.1 Å². The van der Waals surface area contributed by atoms with Crippen molar-refractivity contribution >= 4 is 38.2 Å². The lowest BCUT2D eigenvalue weighted by atomic mass is 10.0. The maximum absolute atomic E-state index is 12.3. The number of thiazole rings is 1. The number of carbonyl (C=O) groups is 2. The van der Waals surface area contributed by atoms with Gasteiger partial charge in [0, 0.05) is 29.5 Å². The average molecular weight is 458 g/mol. The van der Waals surface area contributed by atoms with Crippen LogP contribution in [0.15, 0.2) is 52.7 Å². The van der Waals surface area contributed by atoms with E-state index in [9.17, 15) is 18.0 Å². The summed E-state index contributed by atoms with van der Waals surface area (Å²) >= 11 is 1.32. The number of aryl methyl sites for hydroxylation is 2. The number of Topliss-reactive ketones (excluding diaryl/α,β-unsaturated/α-hetero) is 1. The third kappa shape index (κ3) is 5.84. The van der Waals surface area contributed by atoms with Crippen LogP contribution in [0.4, 0.5) is 5.13 Å². The molecule has 0 saturated carbocycles. The van der Waals surface area contributed by atoms with E-state index in [1.807, 2.05) is 31.4 Å². The Labute approximate surface area is 185 Å². The monoisotopic (exact) mass is 457 g/mol. The minimum atomic E-state index is -3.77. The Hall–Kier alpha value is -2.88. The SMILES string of the molecule is CC(=O)c1ccc(S(=O)(=O)NCCC(=O)Nc2nc(-c3ccc(C)cc3C)cs2)cc1. The fourth-order valence-electron chi connectivity index (χ4n) is 2.99. The molecule has 0 aliphatic heterocycles. The molecule has 1 heterocycles. The molecule has 0 aliphatic rings. The zero-order valence-electron chi connectivity index (χ0n) is 17.4. The maximum Gasteiger partial charge on any atom is 0.240 e. The van der Waals surface area contributed by atoms with E-state index >= 15 is 0 Å². The van der Waals surface area contributed by atoms with Crippen molar-refractivity contribution in [1.82, 2.24) is 9.71 Å². The zero-order chi connectivity index (χ0) is 22.6. The predicted molar refractivity (Wildman–Crippen MR) is 122 cm³/mol. The summed E-state index contributed by atoms with van der Waals surface area (Å²) < 4.78 is 27.1. The molecular weight excluding hydrogens is 434 g/mol. The summed E-state index contributed by atoms with van der Waals surface area (Å²) in [5.41, 5.74) is 4.50. The number of benzene rings is 2. The lowest BCUT2D eigenvalue weighted by Crippen LogP contribution is -2.27. The molecule has 2 N–H and O–H groups in total. The standard InChI is InChI=1S/C22H23N3O4S2/c1-14-4-9-19(15(2)12-14)20-13-30-22(24-20)25-21(27)10-11-23-31(28,29)18-7-5-17(6-8-18)16(3)26/h4-9,12-13,23H,10-11H2,1-3H3,(H,24,25,27). The zero-order valence-corrected chi connectivity index (χ0v) is 19.1. The second-order valence-electron chi connectivity index (χ2n) is 7.13. The molecule has 1 amide bonds. The van der Waals surface area contributed by atoms with Gasteiger partial charge in [0.25, 0.3) is 0 Å². The van der Waals surface area contributed by atoms with Gasteiger partial charge in [-0.15, -0.1) is 11.3 Å². The Morgan fingerprint density at radius 3 is 2.42 bits per heavy atom. The normalized spacial score (nSPS) is 11.3. The highest BCUT2D eigenvalue weighted by Crippen LogP contribution is 2.28. The Kier molecular flexibility index (Phi) is 6.99. The molecule has 0 bridgehead atoms. The Morgan fingerprint density at radius 1 is 1.06 bits per heavy atom. The van der Waals surface area contributed by atoms with E-state index in [0.29, 0.717) is 10.7 Å². The Morgan fingerprint density at radius 2 is 1.77 bits per heavy atom. The summed E-state index contributed by atoms with van der Waals surface area (Å²) in [5, 5.41) is 5.04. The highest BCUT2D eigenvalue weighted by molar-refractivity contribution is 7.89. The molecule has 0 aliphatic carbocycles. The van der Waals surface area contributed by atoms with Crippen LogP contribution < -0.4 is 10.0 Å². The van der Waals surface area contributed by atoms with Gasteiger partial charge in [0.05, 0.1) is 10.6 Å². The second-order valence-corrected chi connectivity index (χ2v) is 9.76. The van der Waals surface area contributed by atoms with Gasteiger partial charge in [0.2, 0.25) is 15.9 Å². The molecule has 0 radical (unpaired) electrons. The molecule has 3 aromatic rings. The lowest BCUT2D eigenvalue weighted by molar-refractivity contribution is -0.116. The minimum Gasteiger partial charge on any atom is -0.302 e. The van der Waals surface area contributed by atoms with Crippen LogP contribution in [0.5, 0.6) is 0 Å². The first-order valence-corrected chi connectivity index (χ1v) is 12.0. The van der Waals surface area contributed by atoms with Gasteiger partial charge in [-0.2, -0.15) is 0 Å². The van der Waals surface area contributed by atoms with E-state index in [1.54, 1.807) is 0 Å². The molecule has 0 atom stereocenters. The van der Waals surface area contributed by atoms with Gasteiger partial charge >= 0.3 is 0 Å². The first-order valence-electron chi connectivity index (χ1n) is 9.59. The third-order valence-corrected chi connectivity index (χ3v) is 6.86. The molecule has 0 saturated heterocycles. The maximum atomic E-state index is 12.3. The summed E-state index contributed by atoms with van der Waals surface area (Å²) in [6, 6.07) is 11.7. The number of nitrogens with zero attached hydrogens (tertiary/aromatic N) is 1. The number of hydrogen-bond acceptors (Lipinski definition) is 6. The summed E-state index contributed by atoms with van der Waals surface area (Å²) in [6.07, 6.45) is -0.0385. The molecule has 3 rings (SSSR count). The molecule has 162 valence electrons. The average Bonchev–Trinajstić information content (AvgIpc) is 3.15. The van der Waals surface area contributed by atoms with Gasteiger partial charge in [-0.1, -0.05) is 35.9 Å². The van der Waals surface area contributed by atoms with Crippen molar-refractivity contribution in [3.63, 3.8) is 0 Å². The molecule has 0 unspecified atom stereocenters. The quantitative estimate of drug-likeness (QED) is 0.499. The van der Waals surface area contributed by atoms with Crippen molar-refractivity contribution in [3.05, 3.63) is 64.5 Å². The summed E-state index contributed by atoms with van der Waals surface area (Å²) in [5.74, 6) is -0.479. The van der Waals surface area contributed by atoms with Gasteiger partial charge in [-0.05, 0) is 38.5 Å². The topological polar surface area (TPSA) is 105 Å². The Balaban J connectivity index is 1.54. The second kappa shape index (κ2) is 9.51. The fourth-order valence-corrected chi connectivity index (χ4v) is 4.75. The number of aromatic nitrogens is 1.